The van der Waals surface area contributed by atoms with Crippen LogP contribution in [0.2, 0.25) is 0 Å². The van der Waals surface area contributed by atoms with Crippen LogP contribution in [0.15, 0.2) is 42.6 Å². The van der Waals surface area contributed by atoms with Crippen LogP contribution in [0.4, 0.5) is 17.6 Å². The number of benzene rings is 1. The van der Waals surface area contributed by atoms with Gasteiger partial charge in [0, 0.05) is 26.4 Å². The number of ether oxygens (including phenoxy) is 1. The number of halogens is 4. The molecular formula is C17H16F4N2O2. The maximum absolute atomic E-state index is 13.9. The zero-order valence-electron chi connectivity index (χ0n) is 13.8. The molecule has 0 aliphatic heterocycles. The largest absolute Gasteiger partial charge is 0.439 e. The summed E-state index contributed by atoms with van der Waals surface area (Å²) in [6, 6.07) is 7.43. The van der Waals surface area contributed by atoms with E-state index in [1.807, 2.05) is 0 Å². The molecule has 1 aromatic carbocycles. The van der Waals surface area contributed by atoms with Crippen molar-refractivity contribution in [1.82, 2.24) is 9.88 Å². The second-order valence-electron chi connectivity index (χ2n) is 5.71. The molecular weight excluding hydrogens is 340 g/mol. The Hall–Kier alpha value is -2.64. The minimum atomic E-state index is -5.01. The van der Waals surface area contributed by atoms with E-state index in [1.165, 1.54) is 35.4 Å². The molecule has 1 amide bonds. The van der Waals surface area contributed by atoms with Gasteiger partial charge in [0.15, 0.2) is 0 Å². The Balaban J connectivity index is 2.13. The molecule has 0 saturated heterocycles. The SMILES string of the molecule is CN(C)C(=O)c1ccc(Oc2ccc(C(C)(F)C(F)(F)F)cc2)nc1. The van der Waals surface area contributed by atoms with Gasteiger partial charge in [-0.05, 0) is 30.7 Å². The highest BCUT2D eigenvalue weighted by molar-refractivity contribution is 5.93. The molecule has 0 aliphatic carbocycles. The molecule has 0 saturated carbocycles. The van der Waals surface area contributed by atoms with Crippen molar-refractivity contribution < 1.29 is 27.1 Å². The lowest BCUT2D eigenvalue weighted by Gasteiger charge is -2.24. The number of hydrogen-bond donors (Lipinski definition) is 0. The van der Waals surface area contributed by atoms with E-state index >= 15 is 0 Å². The van der Waals surface area contributed by atoms with Crippen molar-refractivity contribution in [3.63, 3.8) is 0 Å². The number of aromatic nitrogens is 1. The van der Waals surface area contributed by atoms with E-state index < -0.39 is 17.4 Å². The van der Waals surface area contributed by atoms with Gasteiger partial charge in [-0.15, -0.1) is 0 Å². The van der Waals surface area contributed by atoms with Crippen molar-refractivity contribution in [3.05, 3.63) is 53.7 Å². The summed E-state index contributed by atoms with van der Waals surface area (Å²) in [5.74, 6) is 0.126. The number of carbonyl (C=O) groups is 1. The molecule has 1 atom stereocenters. The number of pyridine rings is 1. The third kappa shape index (κ3) is 4.07. The van der Waals surface area contributed by atoms with Gasteiger partial charge in [0.25, 0.3) is 5.91 Å². The first-order valence-electron chi connectivity index (χ1n) is 7.24. The molecule has 25 heavy (non-hydrogen) atoms. The van der Waals surface area contributed by atoms with Crippen LogP contribution in [0.5, 0.6) is 11.6 Å². The van der Waals surface area contributed by atoms with Gasteiger partial charge in [-0.3, -0.25) is 4.79 Å². The van der Waals surface area contributed by atoms with Crippen molar-refractivity contribution in [2.75, 3.05) is 14.1 Å². The van der Waals surface area contributed by atoms with Gasteiger partial charge in [-0.2, -0.15) is 13.2 Å². The maximum Gasteiger partial charge on any atom is 0.426 e. The predicted octanol–water partition coefficient (Wildman–Crippen LogP) is 4.32. The van der Waals surface area contributed by atoms with E-state index in [2.05, 4.69) is 4.98 Å². The molecule has 2 aromatic rings. The zero-order chi connectivity index (χ0) is 18.8. The predicted molar refractivity (Wildman–Crippen MR) is 83.3 cm³/mol. The summed E-state index contributed by atoms with van der Waals surface area (Å²) < 4.78 is 57.3. The maximum atomic E-state index is 13.9. The zero-order valence-corrected chi connectivity index (χ0v) is 13.8. The quantitative estimate of drug-likeness (QED) is 0.766. The van der Waals surface area contributed by atoms with Gasteiger partial charge in [0.1, 0.15) is 5.75 Å². The first kappa shape index (κ1) is 18.7. The molecule has 0 N–H and O–H groups in total. The van der Waals surface area contributed by atoms with Gasteiger partial charge in [0.05, 0.1) is 5.56 Å². The van der Waals surface area contributed by atoms with Crippen LogP contribution in [0.3, 0.4) is 0 Å². The third-order valence-electron chi connectivity index (χ3n) is 3.54. The van der Waals surface area contributed by atoms with E-state index in [9.17, 15) is 22.4 Å². The number of alkyl halides is 4. The summed E-state index contributed by atoms with van der Waals surface area (Å²) in [5.41, 5.74) is -3.60. The molecule has 1 aromatic heterocycles. The van der Waals surface area contributed by atoms with Crippen LogP contribution in [0.1, 0.15) is 22.8 Å². The summed E-state index contributed by atoms with van der Waals surface area (Å²) in [6.07, 6.45) is -3.68. The minimum Gasteiger partial charge on any atom is -0.439 e. The Morgan fingerprint density at radius 2 is 1.64 bits per heavy atom. The Morgan fingerprint density at radius 1 is 1.04 bits per heavy atom. The molecule has 1 heterocycles. The van der Waals surface area contributed by atoms with E-state index in [0.29, 0.717) is 12.5 Å². The number of rotatable bonds is 4. The van der Waals surface area contributed by atoms with E-state index in [4.69, 9.17) is 4.74 Å². The van der Waals surface area contributed by atoms with E-state index in [1.54, 1.807) is 14.1 Å². The first-order valence-corrected chi connectivity index (χ1v) is 7.24. The van der Waals surface area contributed by atoms with Gasteiger partial charge in [0.2, 0.25) is 11.5 Å². The Kier molecular flexibility index (Phi) is 5.01. The second-order valence-corrected chi connectivity index (χ2v) is 5.71. The normalized spacial score (nSPS) is 13.9. The molecule has 0 bridgehead atoms. The number of amides is 1. The molecule has 0 fully saturated rings. The number of nitrogens with zero attached hydrogens (tertiary/aromatic N) is 2. The van der Waals surface area contributed by atoms with E-state index in [0.717, 1.165) is 12.1 Å². The second kappa shape index (κ2) is 6.70. The van der Waals surface area contributed by atoms with Gasteiger partial charge >= 0.3 is 6.18 Å². The fraction of sp³-hybridized carbons (Fsp3) is 0.294. The average molecular weight is 356 g/mol. The molecule has 134 valence electrons. The molecule has 4 nitrogen and oxygen atoms in total. The number of carbonyl (C=O) groups excluding carboxylic acids is 1. The highest BCUT2D eigenvalue weighted by atomic mass is 19.4. The summed E-state index contributed by atoms with van der Waals surface area (Å²) in [6.45, 7) is 0.463. The summed E-state index contributed by atoms with van der Waals surface area (Å²) >= 11 is 0. The first-order chi connectivity index (χ1) is 11.5. The Bertz CT molecular complexity index is 739. The van der Waals surface area contributed by atoms with Crippen LogP contribution in [0.25, 0.3) is 0 Å². The van der Waals surface area contributed by atoms with Crippen LogP contribution in [-0.4, -0.2) is 36.1 Å². The molecule has 0 spiro atoms. The molecule has 1 unspecified atom stereocenters. The van der Waals surface area contributed by atoms with Crippen LogP contribution < -0.4 is 4.74 Å². The number of hydrogen-bond acceptors (Lipinski definition) is 3. The van der Waals surface area contributed by atoms with Crippen LogP contribution in [-0.2, 0) is 5.67 Å². The summed E-state index contributed by atoms with van der Waals surface area (Å²) in [7, 11) is 3.21. The van der Waals surface area contributed by atoms with Crippen LogP contribution in [0, 0.1) is 0 Å². The van der Waals surface area contributed by atoms with Gasteiger partial charge in [-0.1, -0.05) is 12.1 Å². The van der Waals surface area contributed by atoms with Gasteiger partial charge in [-0.25, -0.2) is 9.37 Å². The summed E-state index contributed by atoms with van der Waals surface area (Å²) in [5, 5.41) is 0. The monoisotopic (exact) mass is 356 g/mol. The van der Waals surface area contributed by atoms with E-state index in [-0.39, 0.29) is 17.5 Å². The molecule has 0 aliphatic rings. The van der Waals surface area contributed by atoms with Crippen molar-refractivity contribution in [2.24, 2.45) is 0 Å². The smallest absolute Gasteiger partial charge is 0.426 e. The average Bonchev–Trinajstić information content (AvgIpc) is 2.54. The lowest BCUT2D eigenvalue weighted by atomic mass is 9.97. The highest BCUT2D eigenvalue weighted by Crippen LogP contribution is 2.42. The fourth-order valence-corrected chi connectivity index (χ4v) is 1.95. The lowest BCUT2D eigenvalue weighted by molar-refractivity contribution is -0.228. The van der Waals surface area contributed by atoms with Gasteiger partial charge < -0.3 is 9.64 Å². The fourth-order valence-electron chi connectivity index (χ4n) is 1.95. The van der Waals surface area contributed by atoms with Crippen LogP contribution >= 0.6 is 0 Å². The standard InChI is InChI=1S/C17H16F4N2O2/c1-16(18,17(19,20)21)12-5-7-13(8-6-12)25-14-9-4-11(10-22-14)15(24)23(2)3/h4-10H,1-3H3. The molecule has 0 radical (unpaired) electrons. The Labute approximate surface area is 142 Å². The van der Waals surface area contributed by atoms with Crippen molar-refractivity contribution in [3.8, 4) is 11.6 Å². The van der Waals surface area contributed by atoms with Crippen molar-refractivity contribution in [2.45, 2.75) is 18.8 Å². The molecule has 8 heteroatoms. The minimum absolute atomic E-state index is 0.155. The topological polar surface area (TPSA) is 42.4 Å². The highest BCUT2D eigenvalue weighted by Gasteiger charge is 2.53. The lowest BCUT2D eigenvalue weighted by Crippen LogP contribution is -2.34. The third-order valence-corrected chi connectivity index (χ3v) is 3.54. The summed E-state index contributed by atoms with van der Waals surface area (Å²) in [4.78, 5) is 17.1. The molecule has 2 rings (SSSR count). The Morgan fingerprint density at radius 3 is 2.08 bits per heavy atom. The van der Waals surface area contributed by atoms with Crippen molar-refractivity contribution >= 4 is 5.91 Å². The van der Waals surface area contributed by atoms with Crippen molar-refractivity contribution in [1.29, 1.82) is 0 Å².